The Balaban J connectivity index is 2.30. The van der Waals surface area contributed by atoms with Gasteiger partial charge in [0.1, 0.15) is 4.90 Å². The van der Waals surface area contributed by atoms with Crippen molar-refractivity contribution in [1.29, 1.82) is 0 Å². The van der Waals surface area contributed by atoms with Gasteiger partial charge in [-0.05, 0) is 25.0 Å². The fourth-order valence-electron chi connectivity index (χ4n) is 2.02. The summed E-state index contributed by atoms with van der Waals surface area (Å²) < 4.78 is 28.1. The first-order valence-electron chi connectivity index (χ1n) is 6.11. The largest absolute Gasteiger partial charge is 0.379 e. The molecule has 0 radical (unpaired) electrons. The molecule has 116 valence electrons. The molecule has 1 aliphatic rings. The molecule has 1 N–H and O–H groups in total. The zero-order valence-electron chi connectivity index (χ0n) is 10.7. The molecule has 0 aromatic heterocycles. The molecule has 1 amide bonds. The molecule has 1 aliphatic heterocycles. The fraction of sp³-hybridized carbons (Fsp3) is 0.417. The summed E-state index contributed by atoms with van der Waals surface area (Å²) in [5.41, 5.74) is -0.0334. The van der Waals surface area contributed by atoms with Crippen molar-refractivity contribution in [3.8, 4) is 0 Å². The van der Waals surface area contributed by atoms with Gasteiger partial charge in [-0.2, -0.15) is 0 Å². The minimum Gasteiger partial charge on any atom is -0.379 e. The minimum absolute atomic E-state index is 0.0334. The summed E-state index contributed by atoms with van der Waals surface area (Å²) in [5.74, 6) is -0.514. The number of halogens is 3. The van der Waals surface area contributed by atoms with Gasteiger partial charge in [-0.15, -0.1) is 0 Å². The molecule has 0 spiro atoms. The van der Waals surface area contributed by atoms with E-state index in [0.717, 1.165) is 18.9 Å². The van der Waals surface area contributed by atoms with Crippen molar-refractivity contribution in [2.45, 2.75) is 23.8 Å². The number of hydrogen-bond donors (Lipinski definition) is 1. The smallest absolute Gasteiger partial charge is 0.262 e. The van der Waals surface area contributed by atoms with E-state index in [-0.39, 0.29) is 26.5 Å². The first-order valence-corrected chi connectivity index (χ1v) is 9.18. The quantitative estimate of drug-likeness (QED) is 0.828. The van der Waals surface area contributed by atoms with E-state index >= 15 is 0 Å². The summed E-state index contributed by atoms with van der Waals surface area (Å²) in [6.45, 7) is 1.07. The van der Waals surface area contributed by atoms with E-state index in [4.69, 9.17) is 38.6 Å². The van der Waals surface area contributed by atoms with E-state index in [9.17, 15) is 13.2 Å². The van der Waals surface area contributed by atoms with Crippen LogP contribution < -0.4 is 5.32 Å². The van der Waals surface area contributed by atoms with E-state index in [1.54, 1.807) is 0 Å². The molecule has 1 heterocycles. The summed E-state index contributed by atoms with van der Waals surface area (Å²) in [4.78, 5) is 11.8. The number of carbonyl (C=O) groups is 1. The molecule has 1 fully saturated rings. The zero-order chi connectivity index (χ0) is 15.6. The monoisotopic (exact) mass is 371 g/mol. The maximum atomic E-state index is 12.2. The maximum absolute atomic E-state index is 12.2. The van der Waals surface area contributed by atoms with Crippen molar-refractivity contribution >= 4 is 48.8 Å². The lowest BCUT2D eigenvalue weighted by Gasteiger charge is -2.23. The van der Waals surface area contributed by atoms with Gasteiger partial charge in [0.2, 0.25) is 0 Å². The number of nitrogens with one attached hydrogen (secondary N) is 1. The molecule has 5 nitrogen and oxygen atoms in total. The number of amides is 1. The Morgan fingerprint density at radius 2 is 2.05 bits per heavy atom. The van der Waals surface area contributed by atoms with Gasteiger partial charge in [0.05, 0.1) is 23.2 Å². The lowest BCUT2D eigenvalue weighted by Crippen LogP contribution is -2.40. The molecule has 2 rings (SSSR count). The first kappa shape index (κ1) is 16.8. The van der Waals surface area contributed by atoms with Crippen molar-refractivity contribution < 1.29 is 17.9 Å². The van der Waals surface area contributed by atoms with Crippen LogP contribution in [0.1, 0.15) is 23.2 Å². The Labute approximate surface area is 136 Å². The van der Waals surface area contributed by atoms with Gasteiger partial charge in [-0.25, -0.2) is 8.42 Å². The molecule has 1 aromatic carbocycles. The molecule has 1 atom stereocenters. The van der Waals surface area contributed by atoms with E-state index in [2.05, 4.69) is 5.32 Å². The zero-order valence-corrected chi connectivity index (χ0v) is 13.8. The Morgan fingerprint density at radius 1 is 1.33 bits per heavy atom. The summed E-state index contributed by atoms with van der Waals surface area (Å²) in [6, 6.07) is 2.26. The van der Waals surface area contributed by atoms with Gasteiger partial charge in [-0.1, -0.05) is 23.2 Å². The Bertz CT molecular complexity index is 657. The van der Waals surface area contributed by atoms with Crippen molar-refractivity contribution in [2.75, 3.05) is 13.2 Å². The molecule has 0 bridgehead atoms. The van der Waals surface area contributed by atoms with Gasteiger partial charge in [0.25, 0.3) is 15.0 Å². The summed E-state index contributed by atoms with van der Waals surface area (Å²) >= 11 is 11.8. The maximum Gasteiger partial charge on any atom is 0.262 e. The average Bonchev–Trinajstić information content (AvgIpc) is 2.40. The van der Waals surface area contributed by atoms with Crippen molar-refractivity contribution in [1.82, 2.24) is 5.32 Å². The van der Waals surface area contributed by atoms with Gasteiger partial charge in [-0.3, -0.25) is 4.79 Å². The van der Waals surface area contributed by atoms with Gasteiger partial charge >= 0.3 is 0 Å². The lowest BCUT2D eigenvalue weighted by atomic mass is 10.1. The van der Waals surface area contributed by atoms with Crippen LogP contribution in [0.5, 0.6) is 0 Å². The van der Waals surface area contributed by atoms with E-state index in [0.29, 0.717) is 13.2 Å². The highest BCUT2D eigenvalue weighted by atomic mass is 35.7. The Kier molecular flexibility index (Phi) is 5.38. The number of benzene rings is 1. The summed E-state index contributed by atoms with van der Waals surface area (Å²) in [5, 5.41) is 2.55. The molecule has 1 unspecified atom stereocenters. The molecule has 9 heteroatoms. The number of rotatable bonds is 3. The molecule has 0 aliphatic carbocycles. The third-order valence-electron chi connectivity index (χ3n) is 3.01. The number of ether oxygens (including phenoxy) is 1. The van der Waals surface area contributed by atoms with Crippen LogP contribution in [-0.2, 0) is 13.8 Å². The molecular formula is C12H12Cl3NO4S. The summed E-state index contributed by atoms with van der Waals surface area (Å²) in [6.07, 6.45) is 1.63. The van der Waals surface area contributed by atoms with Crippen molar-refractivity contribution in [3.63, 3.8) is 0 Å². The van der Waals surface area contributed by atoms with E-state index in [1.807, 2.05) is 0 Å². The molecule has 21 heavy (non-hydrogen) atoms. The number of carbonyl (C=O) groups excluding carboxylic acids is 1. The third kappa shape index (κ3) is 4.23. The average molecular weight is 373 g/mol. The Morgan fingerprint density at radius 3 is 2.62 bits per heavy atom. The molecule has 0 saturated carbocycles. The van der Waals surface area contributed by atoms with Crippen molar-refractivity contribution in [2.24, 2.45) is 0 Å². The van der Waals surface area contributed by atoms with Crippen LogP contribution in [0.3, 0.4) is 0 Å². The predicted octanol–water partition coefficient (Wildman–Crippen LogP) is 2.83. The van der Waals surface area contributed by atoms with Gasteiger partial charge in [0.15, 0.2) is 0 Å². The van der Waals surface area contributed by atoms with Crippen molar-refractivity contribution in [3.05, 3.63) is 27.7 Å². The highest BCUT2D eigenvalue weighted by Gasteiger charge is 2.24. The second-order valence-corrected chi connectivity index (χ2v) is 7.94. The predicted molar refractivity (Wildman–Crippen MR) is 80.8 cm³/mol. The van der Waals surface area contributed by atoms with Crippen LogP contribution in [0.15, 0.2) is 17.0 Å². The topological polar surface area (TPSA) is 72.5 Å². The molecule has 1 saturated heterocycles. The fourth-order valence-corrected chi connectivity index (χ4v) is 3.88. The van der Waals surface area contributed by atoms with Gasteiger partial charge < -0.3 is 10.1 Å². The second-order valence-electron chi connectivity index (χ2n) is 4.59. The van der Waals surface area contributed by atoms with E-state index < -0.39 is 15.0 Å². The van der Waals surface area contributed by atoms with Crippen LogP contribution in [0.2, 0.25) is 10.0 Å². The molecular weight excluding hydrogens is 361 g/mol. The standard InChI is InChI=1S/C12H12Cl3NO4S/c13-7-4-9(11(14)10(5-7)21(15,18)19)12(17)16-8-2-1-3-20-6-8/h4-5,8H,1-3,6H2,(H,16,17). The SMILES string of the molecule is O=C(NC1CCCOC1)c1cc(Cl)cc(S(=O)(=O)Cl)c1Cl. The molecule has 1 aromatic rings. The highest BCUT2D eigenvalue weighted by molar-refractivity contribution is 8.13. The second kappa shape index (κ2) is 6.71. The first-order chi connectivity index (χ1) is 9.79. The summed E-state index contributed by atoms with van der Waals surface area (Å²) in [7, 11) is 1.19. The lowest BCUT2D eigenvalue weighted by molar-refractivity contribution is 0.0624. The van der Waals surface area contributed by atoms with E-state index in [1.165, 1.54) is 6.07 Å². The highest BCUT2D eigenvalue weighted by Crippen LogP contribution is 2.31. The van der Waals surface area contributed by atoms with Gasteiger partial charge in [0, 0.05) is 22.3 Å². The van der Waals surface area contributed by atoms with Crippen LogP contribution in [0.25, 0.3) is 0 Å². The minimum atomic E-state index is -4.09. The van der Waals surface area contributed by atoms with Crippen LogP contribution >= 0.6 is 33.9 Å². The normalized spacial score (nSPS) is 19.3. The van der Waals surface area contributed by atoms with Crippen LogP contribution in [0.4, 0.5) is 0 Å². The Hall–Kier alpha value is -0.530. The third-order valence-corrected chi connectivity index (χ3v) is 5.09. The van der Waals surface area contributed by atoms with Crippen LogP contribution in [-0.4, -0.2) is 33.6 Å². The van der Waals surface area contributed by atoms with Crippen LogP contribution in [0, 0.1) is 0 Å². The number of hydrogen-bond acceptors (Lipinski definition) is 4.